The van der Waals surface area contributed by atoms with E-state index < -0.39 is 6.04 Å². The average Bonchev–Trinajstić information content (AvgIpc) is 3.55. The Morgan fingerprint density at radius 2 is 1.75 bits per heavy atom. The van der Waals surface area contributed by atoms with Crippen molar-refractivity contribution >= 4 is 17.7 Å². The van der Waals surface area contributed by atoms with E-state index in [4.69, 9.17) is 4.74 Å². The number of nitrogens with one attached hydrogen (secondary N) is 2. The van der Waals surface area contributed by atoms with Crippen LogP contribution in [0.15, 0.2) is 30.6 Å². The van der Waals surface area contributed by atoms with Gasteiger partial charge >= 0.3 is 12.0 Å². The molecular formula is C26H31N3O3. The number of hydrogen-bond donors (Lipinski definition) is 2. The lowest BCUT2D eigenvalue weighted by atomic mass is 9.99. The van der Waals surface area contributed by atoms with Crippen molar-refractivity contribution < 1.29 is 14.3 Å². The number of aryl methyl sites for hydroxylation is 2. The number of anilines is 1. The Morgan fingerprint density at radius 3 is 2.41 bits per heavy atom. The van der Waals surface area contributed by atoms with Gasteiger partial charge in [-0.1, -0.05) is 12.1 Å². The zero-order valence-electron chi connectivity index (χ0n) is 18.5. The molecule has 6 heteroatoms. The van der Waals surface area contributed by atoms with Gasteiger partial charge in [-0.2, -0.15) is 0 Å². The fourth-order valence-electron chi connectivity index (χ4n) is 5.48. The standard InChI is InChI=1S/C26H31N3O3/c30-25(32-20-9-1-2-10-20)23(14-17-6-5-13-27-16-17)28-26(31)29-24-21-11-3-7-18(21)15-19-8-4-12-22(19)24/h5-6,13,15-16,20,23H,1-4,7-12,14H2,(H2,28,29,31)/t23-/m1/s1. The highest BCUT2D eigenvalue weighted by molar-refractivity contribution is 5.94. The number of carbonyl (C=O) groups excluding carboxylic acids is 2. The Labute approximate surface area is 189 Å². The average molecular weight is 434 g/mol. The van der Waals surface area contributed by atoms with E-state index in [0.717, 1.165) is 75.5 Å². The van der Waals surface area contributed by atoms with E-state index >= 15 is 0 Å². The summed E-state index contributed by atoms with van der Waals surface area (Å²) in [5.41, 5.74) is 7.16. The van der Waals surface area contributed by atoms with Crippen LogP contribution in [0.3, 0.4) is 0 Å². The molecule has 3 aliphatic carbocycles. The van der Waals surface area contributed by atoms with Crippen LogP contribution in [-0.2, 0) is 41.6 Å². The first-order valence-corrected chi connectivity index (χ1v) is 12.0. The van der Waals surface area contributed by atoms with Crippen molar-refractivity contribution in [1.29, 1.82) is 0 Å². The fraction of sp³-hybridized carbons (Fsp3) is 0.500. The van der Waals surface area contributed by atoms with Crippen molar-refractivity contribution in [3.05, 3.63) is 58.4 Å². The van der Waals surface area contributed by atoms with Gasteiger partial charge in [0.1, 0.15) is 12.1 Å². The van der Waals surface area contributed by atoms with Crippen molar-refractivity contribution in [1.82, 2.24) is 10.3 Å². The van der Waals surface area contributed by atoms with Crippen molar-refractivity contribution in [3.63, 3.8) is 0 Å². The van der Waals surface area contributed by atoms with Crippen LogP contribution >= 0.6 is 0 Å². The summed E-state index contributed by atoms with van der Waals surface area (Å²) in [6.07, 6.45) is 14.2. The number of fused-ring (bicyclic) bond motifs is 2. The predicted octanol–water partition coefficient (Wildman–Crippen LogP) is 4.28. The van der Waals surface area contributed by atoms with E-state index in [2.05, 4.69) is 21.7 Å². The van der Waals surface area contributed by atoms with Gasteiger partial charge in [0.15, 0.2) is 0 Å². The lowest BCUT2D eigenvalue weighted by molar-refractivity contribution is -0.151. The molecule has 168 valence electrons. The van der Waals surface area contributed by atoms with Gasteiger partial charge in [0.25, 0.3) is 0 Å². The highest BCUT2D eigenvalue weighted by Gasteiger charge is 2.29. The molecule has 5 rings (SSSR count). The fourth-order valence-corrected chi connectivity index (χ4v) is 5.48. The van der Waals surface area contributed by atoms with Gasteiger partial charge in [-0.05, 0) is 98.1 Å². The zero-order chi connectivity index (χ0) is 21.9. The molecule has 6 nitrogen and oxygen atoms in total. The summed E-state index contributed by atoms with van der Waals surface area (Å²) in [5, 5.41) is 6.05. The molecule has 1 fully saturated rings. The summed E-state index contributed by atoms with van der Waals surface area (Å²) in [5.74, 6) is -0.362. The monoisotopic (exact) mass is 433 g/mol. The molecule has 0 aliphatic heterocycles. The number of aromatic nitrogens is 1. The Kier molecular flexibility index (Phi) is 6.10. The third kappa shape index (κ3) is 4.50. The Bertz CT molecular complexity index is 967. The van der Waals surface area contributed by atoms with Crippen molar-refractivity contribution in [2.24, 2.45) is 0 Å². The van der Waals surface area contributed by atoms with Crippen LogP contribution in [0.4, 0.5) is 10.5 Å². The second kappa shape index (κ2) is 9.31. The summed E-state index contributed by atoms with van der Waals surface area (Å²) in [4.78, 5) is 30.2. The lowest BCUT2D eigenvalue weighted by Crippen LogP contribution is -2.46. The summed E-state index contributed by atoms with van der Waals surface area (Å²) >= 11 is 0. The number of ether oxygens (including phenoxy) is 1. The van der Waals surface area contributed by atoms with Gasteiger partial charge in [-0.25, -0.2) is 9.59 Å². The van der Waals surface area contributed by atoms with Crippen LogP contribution < -0.4 is 10.6 Å². The molecular weight excluding hydrogens is 402 g/mol. The number of amides is 2. The van der Waals surface area contributed by atoms with Crippen LogP contribution in [0.2, 0.25) is 0 Å². The molecule has 0 saturated heterocycles. The van der Waals surface area contributed by atoms with Gasteiger partial charge in [0, 0.05) is 24.5 Å². The summed E-state index contributed by atoms with van der Waals surface area (Å²) in [7, 11) is 0. The molecule has 32 heavy (non-hydrogen) atoms. The molecule has 0 spiro atoms. The molecule has 2 amide bonds. The molecule has 1 atom stereocenters. The number of nitrogens with zero attached hydrogens (tertiary/aromatic N) is 1. The first-order valence-electron chi connectivity index (χ1n) is 12.0. The highest BCUT2D eigenvalue weighted by Crippen LogP contribution is 2.38. The number of benzene rings is 1. The molecule has 0 bridgehead atoms. The van der Waals surface area contributed by atoms with E-state index in [1.54, 1.807) is 12.4 Å². The summed E-state index contributed by atoms with van der Waals surface area (Å²) < 4.78 is 5.74. The van der Waals surface area contributed by atoms with Crippen molar-refractivity contribution in [2.45, 2.75) is 82.8 Å². The highest BCUT2D eigenvalue weighted by atomic mass is 16.5. The van der Waals surface area contributed by atoms with Crippen molar-refractivity contribution in [3.8, 4) is 0 Å². The third-order valence-electron chi connectivity index (χ3n) is 7.05. The Balaban J connectivity index is 1.33. The quantitative estimate of drug-likeness (QED) is 0.667. The molecule has 2 aromatic rings. The maximum atomic E-state index is 13.1. The number of esters is 1. The van der Waals surface area contributed by atoms with Gasteiger partial charge in [-0.15, -0.1) is 0 Å². The minimum atomic E-state index is -0.746. The van der Waals surface area contributed by atoms with Gasteiger partial charge in [0.2, 0.25) is 0 Å². The van der Waals surface area contributed by atoms with E-state index in [1.807, 2.05) is 12.1 Å². The molecule has 0 unspecified atom stereocenters. The summed E-state index contributed by atoms with van der Waals surface area (Å²) in [6.45, 7) is 0. The first kappa shape index (κ1) is 21.0. The lowest BCUT2D eigenvalue weighted by Gasteiger charge is -2.22. The summed E-state index contributed by atoms with van der Waals surface area (Å²) in [6, 6.07) is 5.02. The number of hydrogen-bond acceptors (Lipinski definition) is 4. The van der Waals surface area contributed by atoms with Gasteiger partial charge in [0.05, 0.1) is 0 Å². The first-order chi connectivity index (χ1) is 15.7. The molecule has 1 heterocycles. The Morgan fingerprint density at radius 1 is 1.03 bits per heavy atom. The van der Waals surface area contributed by atoms with E-state index in [9.17, 15) is 9.59 Å². The van der Waals surface area contributed by atoms with E-state index in [1.165, 1.54) is 22.3 Å². The van der Waals surface area contributed by atoms with E-state index in [0.29, 0.717) is 6.42 Å². The second-order valence-electron chi connectivity index (χ2n) is 9.29. The van der Waals surface area contributed by atoms with Crippen molar-refractivity contribution in [2.75, 3.05) is 5.32 Å². The predicted molar refractivity (Wildman–Crippen MR) is 123 cm³/mol. The molecule has 3 aliphatic rings. The molecule has 1 aromatic carbocycles. The van der Waals surface area contributed by atoms with Crippen LogP contribution in [0.1, 0.15) is 66.3 Å². The minimum absolute atomic E-state index is 0.0376. The SMILES string of the molecule is O=C(Nc1c2c(cc3c1CCC3)CCC2)N[C@H](Cc1cccnc1)C(=O)OC1CCCC1. The second-order valence-corrected chi connectivity index (χ2v) is 9.29. The maximum Gasteiger partial charge on any atom is 0.329 e. The Hall–Kier alpha value is -2.89. The van der Waals surface area contributed by atoms with Crippen LogP contribution in [0.25, 0.3) is 0 Å². The molecule has 0 radical (unpaired) electrons. The van der Waals surface area contributed by atoms with Gasteiger partial charge < -0.3 is 15.4 Å². The zero-order valence-corrected chi connectivity index (χ0v) is 18.5. The number of rotatable bonds is 6. The van der Waals surface area contributed by atoms with E-state index in [-0.39, 0.29) is 18.1 Å². The molecule has 1 aromatic heterocycles. The minimum Gasteiger partial charge on any atom is -0.461 e. The number of carbonyl (C=O) groups is 2. The normalized spacial score (nSPS) is 18.1. The largest absolute Gasteiger partial charge is 0.461 e. The van der Waals surface area contributed by atoms with Crippen LogP contribution in [-0.4, -0.2) is 29.1 Å². The van der Waals surface area contributed by atoms with Crippen LogP contribution in [0, 0.1) is 0 Å². The molecule has 1 saturated carbocycles. The third-order valence-corrected chi connectivity index (χ3v) is 7.05. The number of pyridine rings is 1. The smallest absolute Gasteiger partial charge is 0.329 e. The topological polar surface area (TPSA) is 80.3 Å². The molecule has 2 N–H and O–H groups in total. The van der Waals surface area contributed by atoms with Gasteiger partial charge in [-0.3, -0.25) is 4.98 Å². The van der Waals surface area contributed by atoms with Crippen LogP contribution in [0.5, 0.6) is 0 Å². The number of urea groups is 1. The maximum absolute atomic E-state index is 13.1.